The van der Waals surface area contributed by atoms with E-state index in [1.807, 2.05) is 30.5 Å². The van der Waals surface area contributed by atoms with E-state index in [0.29, 0.717) is 18.0 Å². The van der Waals surface area contributed by atoms with Gasteiger partial charge < -0.3 is 4.90 Å². The maximum Gasteiger partial charge on any atom is 0.181 e. The standard InChI is InChI=1S/C15H15N3O/c19-15(14-5-1-2-7-17-14)8-12-10-18(11-12)13-4-3-6-16-9-13/h1-7,9,12H,8,10-11H2. The minimum atomic E-state index is 0.136. The molecule has 4 heteroatoms. The van der Waals surface area contributed by atoms with Crippen molar-refractivity contribution in [3.05, 3.63) is 54.6 Å². The third-order valence-electron chi connectivity index (χ3n) is 3.39. The van der Waals surface area contributed by atoms with E-state index >= 15 is 0 Å². The zero-order valence-corrected chi connectivity index (χ0v) is 10.6. The van der Waals surface area contributed by atoms with Crippen molar-refractivity contribution in [3.8, 4) is 0 Å². The Morgan fingerprint density at radius 3 is 2.79 bits per heavy atom. The van der Waals surface area contributed by atoms with E-state index in [9.17, 15) is 4.79 Å². The number of Topliss-reactive ketones (excluding diaryl/α,β-unsaturated/α-hetero) is 1. The summed E-state index contributed by atoms with van der Waals surface area (Å²) >= 11 is 0. The smallest absolute Gasteiger partial charge is 0.181 e. The van der Waals surface area contributed by atoms with Crippen LogP contribution in [0.1, 0.15) is 16.9 Å². The van der Waals surface area contributed by atoms with E-state index < -0.39 is 0 Å². The second-order valence-electron chi connectivity index (χ2n) is 4.82. The van der Waals surface area contributed by atoms with Gasteiger partial charge >= 0.3 is 0 Å². The van der Waals surface area contributed by atoms with E-state index in [4.69, 9.17) is 0 Å². The summed E-state index contributed by atoms with van der Waals surface area (Å²) in [6, 6.07) is 9.43. The number of ketones is 1. The molecule has 19 heavy (non-hydrogen) atoms. The van der Waals surface area contributed by atoms with E-state index in [1.165, 1.54) is 0 Å². The Hall–Kier alpha value is -2.23. The van der Waals surface area contributed by atoms with Crippen LogP contribution in [0.25, 0.3) is 0 Å². The summed E-state index contributed by atoms with van der Waals surface area (Å²) in [5.41, 5.74) is 1.70. The third kappa shape index (κ3) is 2.62. The van der Waals surface area contributed by atoms with Gasteiger partial charge in [0, 0.05) is 37.8 Å². The molecule has 0 saturated carbocycles. The second-order valence-corrected chi connectivity index (χ2v) is 4.82. The molecule has 1 aliphatic rings. The first-order valence-corrected chi connectivity index (χ1v) is 6.42. The van der Waals surface area contributed by atoms with E-state index in [-0.39, 0.29) is 5.78 Å². The molecule has 2 aromatic heterocycles. The Morgan fingerprint density at radius 2 is 2.11 bits per heavy atom. The molecule has 0 bridgehead atoms. The van der Waals surface area contributed by atoms with Crippen molar-refractivity contribution in [1.82, 2.24) is 9.97 Å². The van der Waals surface area contributed by atoms with Gasteiger partial charge in [-0.2, -0.15) is 0 Å². The summed E-state index contributed by atoms with van der Waals surface area (Å²) in [7, 11) is 0. The number of rotatable bonds is 4. The van der Waals surface area contributed by atoms with E-state index in [0.717, 1.165) is 18.8 Å². The number of carbonyl (C=O) groups is 1. The van der Waals surface area contributed by atoms with Crippen LogP contribution < -0.4 is 4.90 Å². The van der Waals surface area contributed by atoms with Gasteiger partial charge in [0.05, 0.1) is 11.9 Å². The van der Waals surface area contributed by atoms with E-state index in [1.54, 1.807) is 18.5 Å². The summed E-state index contributed by atoms with van der Waals surface area (Å²) in [6.07, 6.45) is 5.87. The molecule has 0 radical (unpaired) electrons. The number of hydrogen-bond acceptors (Lipinski definition) is 4. The van der Waals surface area contributed by atoms with Gasteiger partial charge in [-0.25, -0.2) is 0 Å². The number of aromatic nitrogens is 2. The van der Waals surface area contributed by atoms with Crippen molar-refractivity contribution >= 4 is 11.5 Å². The first kappa shape index (κ1) is 11.8. The zero-order valence-electron chi connectivity index (χ0n) is 10.6. The maximum atomic E-state index is 12.0. The normalized spacial score (nSPS) is 15.1. The van der Waals surface area contributed by atoms with Gasteiger partial charge in [0.15, 0.2) is 5.78 Å². The average Bonchev–Trinajstić information content (AvgIpc) is 2.44. The number of hydrogen-bond donors (Lipinski definition) is 0. The number of nitrogens with zero attached hydrogens (tertiary/aromatic N) is 3. The van der Waals surface area contributed by atoms with Crippen LogP contribution in [0, 0.1) is 5.92 Å². The van der Waals surface area contributed by atoms with Crippen LogP contribution in [-0.2, 0) is 0 Å². The molecule has 0 unspecified atom stereocenters. The molecule has 1 saturated heterocycles. The highest BCUT2D eigenvalue weighted by atomic mass is 16.1. The van der Waals surface area contributed by atoms with Gasteiger partial charge in [-0.1, -0.05) is 6.07 Å². The molecule has 1 fully saturated rings. The van der Waals surface area contributed by atoms with Crippen molar-refractivity contribution in [2.75, 3.05) is 18.0 Å². The predicted octanol–water partition coefficient (Wildman–Crippen LogP) is 2.19. The lowest BCUT2D eigenvalue weighted by atomic mass is 9.92. The molecule has 0 N–H and O–H groups in total. The molecular weight excluding hydrogens is 238 g/mol. The summed E-state index contributed by atoms with van der Waals surface area (Å²) in [6.45, 7) is 1.84. The van der Waals surface area contributed by atoms with E-state index in [2.05, 4.69) is 14.9 Å². The monoisotopic (exact) mass is 253 g/mol. The lowest BCUT2D eigenvalue weighted by Gasteiger charge is -2.40. The average molecular weight is 253 g/mol. The van der Waals surface area contributed by atoms with Crippen molar-refractivity contribution in [2.24, 2.45) is 5.92 Å². The minimum absolute atomic E-state index is 0.136. The summed E-state index contributed by atoms with van der Waals surface area (Å²) < 4.78 is 0. The fourth-order valence-corrected chi connectivity index (χ4v) is 2.35. The van der Waals surface area contributed by atoms with Crippen LogP contribution in [0.5, 0.6) is 0 Å². The summed E-state index contributed by atoms with van der Waals surface area (Å²) in [4.78, 5) is 22.4. The Kier molecular flexibility index (Phi) is 3.23. The number of anilines is 1. The lowest BCUT2D eigenvalue weighted by molar-refractivity contribution is 0.0948. The molecule has 2 aromatic rings. The van der Waals surface area contributed by atoms with Gasteiger partial charge in [0.1, 0.15) is 5.69 Å². The van der Waals surface area contributed by atoms with Gasteiger partial charge in [-0.15, -0.1) is 0 Å². The largest absolute Gasteiger partial charge is 0.370 e. The van der Waals surface area contributed by atoms with Crippen molar-refractivity contribution in [1.29, 1.82) is 0 Å². The highest BCUT2D eigenvalue weighted by Crippen LogP contribution is 2.26. The van der Waals surface area contributed by atoms with Crippen LogP contribution in [0.2, 0.25) is 0 Å². The molecule has 0 amide bonds. The molecule has 0 spiro atoms. The van der Waals surface area contributed by atoms with Crippen LogP contribution in [0.3, 0.4) is 0 Å². The first-order chi connectivity index (χ1) is 9.33. The Balaban J connectivity index is 1.54. The Labute approximate surface area is 112 Å². The van der Waals surface area contributed by atoms with Crippen LogP contribution in [-0.4, -0.2) is 28.8 Å². The fourth-order valence-electron chi connectivity index (χ4n) is 2.35. The highest BCUT2D eigenvalue weighted by Gasteiger charge is 2.29. The molecule has 0 aromatic carbocycles. The fraction of sp³-hybridized carbons (Fsp3) is 0.267. The zero-order chi connectivity index (χ0) is 13.1. The quantitative estimate of drug-likeness (QED) is 0.784. The van der Waals surface area contributed by atoms with Gasteiger partial charge in [-0.05, 0) is 24.3 Å². The van der Waals surface area contributed by atoms with Gasteiger partial charge in [-0.3, -0.25) is 14.8 Å². The van der Waals surface area contributed by atoms with Gasteiger partial charge in [0.25, 0.3) is 0 Å². The highest BCUT2D eigenvalue weighted by molar-refractivity contribution is 5.94. The Bertz CT molecular complexity index is 550. The van der Waals surface area contributed by atoms with Crippen molar-refractivity contribution < 1.29 is 4.79 Å². The first-order valence-electron chi connectivity index (χ1n) is 6.42. The second kappa shape index (κ2) is 5.18. The van der Waals surface area contributed by atoms with Crippen LogP contribution >= 0.6 is 0 Å². The van der Waals surface area contributed by atoms with Crippen LogP contribution in [0.4, 0.5) is 5.69 Å². The SMILES string of the molecule is O=C(CC1CN(c2cccnc2)C1)c1ccccn1. The number of carbonyl (C=O) groups excluding carboxylic acids is 1. The molecule has 3 heterocycles. The molecule has 1 aliphatic heterocycles. The summed E-state index contributed by atoms with van der Waals surface area (Å²) in [5, 5.41) is 0. The predicted molar refractivity (Wildman–Crippen MR) is 73.1 cm³/mol. The van der Waals surface area contributed by atoms with Gasteiger partial charge in [0.2, 0.25) is 0 Å². The number of pyridine rings is 2. The molecule has 0 atom stereocenters. The Morgan fingerprint density at radius 1 is 1.21 bits per heavy atom. The van der Waals surface area contributed by atoms with Crippen LogP contribution in [0.15, 0.2) is 48.9 Å². The minimum Gasteiger partial charge on any atom is -0.370 e. The molecule has 96 valence electrons. The molecule has 0 aliphatic carbocycles. The molecular formula is C15H15N3O. The topological polar surface area (TPSA) is 46.1 Å². The molecule has 3 rings (SSSR count). The van der Waals surface area contributed by atoms with Crippen molar-refractivity contribution in [3.63, 3.8) is 0 Å². The van der Waals surface area contributed by atoms with Crippen molar-refractivity contribution in [2.45, 2.75) is 6.42 Å². The molecule has 4 nitrogen and oxygen atoms in total. The third-order valence-corrected chi connectivity index (χ3v) is 3.39. The lowest BCUT2D eigenvalue weighted by Crippen LogP contribution is -2.47. The maximum absolute atomic E-state index is 12.0. The summed E-state index contributed by atoms with van der Waals surface area (Å²) in [5.74, 6) is 0.561.